The number of aliphatic hydroxyl groups is 1. The lowest BCUT2D eigenvalue weighted by molar-refractivity contribution is 0.173. The lowest BCUT2D eigenvalue weighted by atomic mass is 10.1. The quantitative estimate of drug-likeness (QED) is 0.526. The standard InChI is InChI=1S/C24H23O2P/c1-2-19-24(25,20-18-21-12-6-3-7-13-21)27(26,22-14-8-4-9-15-22)23-16-10-5-11-17-23/h3-17,25H,2,19H2,1H3. The van der Waals surface area contributed by atoms with E-state index in [-0.39, 0.29) is 0 Å². The van der Waals surface area contributed by atoms with Crippen LogP contribution in [0.4, 0.5) is 0 Å². The Bertz CT molecular complexity index is 929. The molecule has 0 radical (unpaired) electrons. The average molecular weight is 374 g/mol. The highest BCUT2D eigenvalue weighted by Gasteiger charge is 2.47. The Kier molecular flexibility index (Phi) is 5.97. The smallest absolute Gasteiger partial charge is 0.186 e. The summed E-state index contributed by atoms with van der Waals surface area (Å²) in [6, 6.07) is 27.9. The van der Waals surface area contributed by atoms with Crippen molar-refractivity contribution in [2.45, 2.75) is 25.1 Å². The summed E-state index contributed by atoms with van der Waals surface area (Å²) in [5.74, 6) is 6.04. The van der Waals surface area contributed by atoms with Crippen molar-refractivity contribution >= 4 is 17.8 Å². The summed E-state index contributed by atoms with van der Waals surface area (Å²) >= 11 is 0. The summed E-state index contributed by atoms with van der Waals surface area (Å²) in [5, 5.41) is 11.3. The van der Waals surface area contributed by atoms with Crippen LogP contribution in [0.2, 0.25) is 0 Å². The third-order valence-electron chi connectivity index (χ3n) is 4.54. The Morgan fingerprint density at radius 1 is 0.815 bits per heavy atom. The van der Waals surface area contributed by atoms with Gasteiger partial charge in [-0.25, -0.2) is 0 Å². The van der Waals surface area contributed by atoms with E-state index in [1.54, 1.807) is 0 Å². The maximum atomic E-state index is 14.5. The second kappa shape index (κ2) is 8.40. The van der Waals surface area contributed by atoms with E-state index in [1.165, 1.54) is 0 Å². The van der Waals surface area contributed by atoms with E-state index in [0.29, 0.717) is 23.5 Å². The minimum absolute atomic E-state index is 0.327. The van der Waals surface area contributed by atoms with Gasteiger partial charge in [0.15, 0.2) is 12.5 Å². The zero-order valence-corrected chi connectivity index (χ0v) is 16.3. The summed E-state index contributed by atoms with van der Waals surface area (Å²) in [4.78, 5) is 0. The molecule has 0 aliphatic carbocycles. The third-order valence-corrected chi connectivity index (χ3v) is 7.97. The van der Waals surface area contributed by atoms with E-state index in [4.69, 9.17) is 0 Å². The van der Waals surface area contributed by atoms with Crippen LogP contribution in [0.1, 0.15) is 25.3 Å². The van der Waals surface area contributed by atoms with Gasteiger partial charge in [0.05, 0.1) is 0 Å². The Balaban J connectivity index is 2.22. The van der Waals surface area contributed by atoms with Gasteiger partial charge < -0.3 is 9.67 Å². The molecular formula is C24H23O2P. The molecular weight excluding hydrogens is 351 g/mol. The molecule has 0 spiro atoms. The number of benzene rings is 3. The van der Waals surface area contributed by atoms with Crippen molar-refractivity contribution in [1.82, 2.24) is 0 Å². The van der Waals surface area contributed by atoms with Gasteiger partial charge in [-0.15, -0.1) is 0 Å². The first kappa shape index (κ1) is 19.2. The molecule has 3 heteroatoms. The molecule has 0 heterocycles. The molecule has 1 N–H and O–H groups in total. The molecule has 0 aliphatic rings. The molecule has 0 aromatic heterocycles. The summed E-state index contributed by atoms with van der Waals surface area (Å²) in [6.07, 6.45) is 0.998. The Morgan fingerprint density at radius 3 is 1.70 bits per heavy atom. The van der Waals surface area contributed by atoms with Crippen LogP contribution in [0.15, 0.2) is 91.0 Å². The second-order valence-corrected chi connectivity index (χ2v) is 9.45. The number of rotatable bonds is 5. The third kappa shape index (κ3) is 3.91. The fraction of sp³-hybridized carbons (Fsp3) is 0.167. The Labute approximate surface area is 161 Å². The van der Waals surface area contributed by atoms with E-state index in [2.05, 4.69) is 11.8 Å². The van der Waals surface area contributed by atoms with Crippen molar-refractivity contribution in [3.63, 3.8) is 0 Å². The van der Waals surface area contributed by atoms with Gasteiger partial charge in [0.1, 0.15) is 0 Å². The summed E-state index contributed by atoms with van der Waals surface area (Å²) in [6.45, 7) is 1.97. The number of hydrogen-bond acceptors (Lipinski definition) is 2. The molecule has 0 bridgehead atoms. The van der Waals surface area contributed by atoms with Gasteiger partial charge in [0.25, 0.3) is 0 Å². The maximum absolute atomic E-state index is 14.5. The van der Waals surface area contributed by atoms with Gasteiger partial charge in [-0.2, -0.15) is 0 Å². The molecule has 0 amide bonds. The van der Waals surface area contributed by atoms with E-state index >= 15 is 0 Å². The summed E-state index contributed by atoms with van der Waals surface area (Å²) in [7, 11) is -3.42. The van der Waals surface area contributed by atoms with Crippen molar-refractivity contribution in [1.29, 1.82) is 0 Å². The van der Waals surface area contributed by atoms with Crippen LogP contribution in [-0.4, -0.2) is 10.4 Å². The first-order valence-corrected chi connectivity index (χ1v) is 10.8. The zero-order valence-electron chi connectivity index (χ0n) is 15.4. The van der Waals surface area contributed by atoms with Crippen molar-refractivity contribution in [2.75, 3.05) is 0 Å². The van der Waals surface area contributed by atoms with Gasteiger partial charge in [-0.1, -0.05) is 104 Å². The first-order valence-electron chi connectivity index (χ1n) is 9.12. The van der Waals surface area contributed by atoms with Gasteiger partial charge >= 0.3 is 0 Å². The number of hydrogen-bond donors (Lipinski definition) is 1. The highest BCUT2D eigenvalue weighted by molar-refractivity contribution is 7.80. The van der Waals surface area contributed by atoms with Crippen molar-refractivity contribution in [3.8, 4) is 11.8 Å². The van der Waals surface area contributed by atoms with Crippen LogP contribution in [0.5, 0.6) is 0 Å². The Morgan fingerprint density at radius 2 is 1.26 bits per heavy atom. The molecule has 1 unspecified atom stereocenters. The predicted molar refractivity (Wildman–Crippen MR) is 113 cm³/mol. The van der Waals surface area contributed by atoms with E-state index in [0.717, 1.165) is 5.56 Å². The average Bonchev–Trinajstić information content (AvgIpc) is 2.74. The highest BCUT2D eigenvalue weighted by Crippen LogP contribution is 2.56. The van der Waals surface area contributed by atoms with Gasteiger partial charge in [-0.3, -0.25) is 0 Å². The molecule has 0 aliphatic heterocycles. The lowest BCUT2D eigenvalue weighted by Crippen LogP contribution is -2.37. The van der Waals surface area contributed by atoms with E-state index in [9.17, 15) is 9.67 Å². The molecule has 0 saturated carbocycles. The van der Waals surface area contributed by atoms with Crippen molar-refractivity contribution in [2.24, 2.45) is 0 Å². The van der Waals surface area contributed by atoms with Crippen LogP contribution in [0, 0.1) is 11.8 Å². The fourth-order valence-electron chi connectivity index (χ4n) is 3.19. The van der Waals surface area contributed by atoms with Crippen LogP contribution >= 0.6 is 7.14 Å². The molecule has 3 aromatic rings. The highest BCUT2D eigenvalue weighted by atomic mass is 31.2. The zero-order chi connectivity index (χ0) is 19.2. The van der Waals surface area contributed by atoms with Gasteiger partial charge in [0.2, 0.25) is 0 Å². The monoisotopic (exact) mass is 374 g/mol. The van der Waals surface area contributed by atoms with Crippen molar-refractivity contribution in [3.05, 3.63) is 96.6 Å². The van der Waals surface area contributed by atoms with E-state index < -0.39 is 12.5 Å². The first-order chi connectivity index (χ1) is 13.1. The van der Waals surface area contributed by atoms with Crippen LogP contribution < -0.4 is 10.6 Å². The summed E-state index contributed by atoms with van der Waals surface area (Å²) in [5.41, 5.74) is 0.791. The van der Waals surface area contributed by atoms with Gasteiger partial charge in [-0.05, 0) is 18.6 Å². The molecule has 2 nitrogen and oxygen atoms in total. The molecule has 1 atom stereocenters. The predicted octanol–water partition coefficient (Wildman–Crippen LogP) is 4.54. The summed E-state index contributed by atoms with van der Waals surface area (Å²) < 4.78 is 14.5. The molecule has 0 saturated heterocycles. The molecule has 3 aromatic carbocycles. The largest absolute Gasteiger partial charge is 0.370 e. The van der Waals surface area contributed by atoms with Crippen LogP contribution in [-0.2, 0) is 4.57 Å². The maximum Gasteiger partial charge on any atom is 0.186 e. The van der Waals surface area contributed by atoms with Crippen LogP contribution in [0.25, 0.3) is 0 Å². The minimum Gasteiger partial charge on any atom is -0.370 e. The Hall–Kier alpha value is -2.59. The lowest BCUT2D eigenvalue weighted by Gasteiger charge is -2.33. The van der Waals surface area contributed by atoms with Crippen molar-refractivity contribution < 1.29 is 9.67 Å². The van der Waals surface area contributed by atoms with Gasteiger partial charge in [0, 0.05) is 16.2 Å². The normalized spacial score (nSPS) is 13.3. The molecule has 136 valence electrons. The minimum atomic E-state index is -3.42. The fourth-order valence-corrected chi connectivity index (χ4v) is 6.28. The van der Waals surface area contributed by atoms with E-state index in [1.807, 2.05) is 97.9 Å². The molecule has 3 rings (SSSR count). The molecule has 0 fully saturated rings. The van der Waals surface area contributed by atoms with Crippen LogP contribution in [0.3, 0.4) is 0 Å². The topological polar surface area (TPSA) is 37.3 Å². The molecule has 27 heavy (non-hydrogen) atoms. The SMILES string of the molecule is CCCC(O)(C#Cc1ccccc1)P(=O)(c1ccccc1)c1ccccc1. The second-order valence-electron chi connectivity index (χ2n) is 6.46.